The van der Waals surface area contributed by atoms with Crippen LogP contribution in [0.1, 0.15) is 20.7 Å². The number of Topliss-reactive ketones (excluding diaryl/α,β-unsaturated/α-hetero) is 1. The van der Waals surface area contributed by atoms with Gasteiger partial charge < -0.3 is 9.88 Å². The molecule has 160 valence electrons. The van der Waals surface area contributed by atoms with Crippen molar-refractivity contribution in [2.45, 2.75) is 0 Å². The molecule has 1 saturated heterocycles. The van der Waals surface area contributed by atoms with E-state index in [1.807, 2.05) is 71.6 Å². The maximum Gasteiger partial charge on any atom is 0.253 e. The van der Waals surface area contributed by atoms with Crippen LogP contribution in [0.2, 0.25) is 0 Å². The fraction of sp³-hybridized carbons (Fsp3) is 0.185. The third kappa shape index (κ3) is 4.07. The van der Waals surface area contributed by atoms with Gasteiger partial charge in [0, 0.05) is 54.4 Å². The van der Waals surface area contributed by atoms with Crippen LogP contribution in [0, 0.1) is 0 Å². The Morgan fingerprint density at radius 2 is 1.41 bits per heavy atom. The Labute approximate surface area is 187 Å². The second-order valence-electron chi connectivity index (χ2n) is 8.18. The van der Waals surface area contributed by atoms with Crippen LogP contribution in [-0.2, 0) is 0 Å². The molecular formula is C27H25N3O2. The molecule has 4 aromatic rings. The maximum atomic E-state index is 12.9. The van der Waals surface area contributed by atoms with Gasteiger partial charge in [0.05, 0.1) is 6.54 Å². The van der Waals surface area contributed by atoms with Gasteiger partial charge in [-0.15, -0.1) is 0 Å². The first-order valence-electron chi connectivity index (χ1n) is 11.0. The zero-order valence-corrected chi connectivity index (χ0v) is 17.8. The largest absolute Gasteiger partial charge is 0.360 e. The van der Waals surface area contributed by atoms with Crippen LogP contribution in [0.15, 0.2) is 85.1 Å². The number of amides is 1. The summed E-state index contributed by atoms with van der Waals surface area (Å²) in [6.45, 7) is 3.01. The number of piperazine rings is 1. The summed E-state index contributed by atoms with van der Waals surface area (Å²) >= 11 is 0. The van der Waals surface area contributed by atoms with Gasteiger partial charge in [-0.05, 0) is 29.3 Å². The Kier molecular flexibility index (Phi) is 5.57. The van der Waals surface area contributed by atoms with Crippen molar-refractivity contribution in [1.29, 1.82) is 0 Å². The molecule has 0 aliphatic carbocycles. The first kappa shape index (κ1) is 20.2. The molecule has 0 atom stereocenters. The molecule has 0 saturated carbocycles. The number of benzene rings is 3. The summed E-state index contributed by atoms with van der Waals surface area (Å²) in [5.74, 6) is 0.158. The third-order valence-corrected chi connectivity index (χ3v) is 6.16. The van der Waals surface area contributed by atoms with E-state index in [9.17, 15) is 9.59 Å². The summed E-state index contributed by atoms with van der Waals surface area (Å²) in [6, 6.07) is 25.8. The van der Waals surface area contributed by atoms with Gasteiger partial charge in [-0.25, -0.2) is 0 Å². The van der Waals surface area contributed by atoms with E-state index in [4.69, 9.17) is 0 Å². The van der Waals surface area contributed by atoms with E-state index in [0.717, 1.165) is 27.6 Å². The van der Waals surface area contributed by atoms with Gasteiger partial charge in [-0.2, -0.15) is 0 Å². The van der Waals surface area contributed by atoms with Crippen molar-refractivity contribution in [2.24, 2.45) is 0 Å². The first-order valence-corrected chi connectivity index (χ1v) is 11.0. The van der Waals surface area contributed by atoms with Crippen LogP contribution in [0.4, 0.5) is 0 Å². The van der Waals surface area contributed by atoms with Gasteiger partial charge in [-0.3, -0.25) is 14.5 Å². The first-order chi connectivity index (χ1) is 15.7. The molecule has 1 N–H and O–H groups in total. The van der Waals surface area contributed by atoms with Gasteiger partial charge in [0.15, 0.2) is 5.78 Å². The van der Waals surface area contributed by atoms with Gasteiger partial charge >= 0.3 is 0 Å². The number of nitrogens with one attached hydrogen (secondary N) is 1. The molecule has 5 heteroatoms. The summed E-state index contributed by atoms with van der Waals surface area (Å²) in [5, 5.41) is 0.963. The van der Waals surface area contributed by atoms with Crippen molar-refractivity contribution in [3.05, 3.63) is 96.2 Å². The number of hydrogen-bond donors (Lipinski definition) is 1. The van der Waals surface area contributed by atoms with Crippen molar-refractivity contribution in [3.63, 3.8) is 0 Å². The fourth-order valence-corrected chi connectivity index (χ4v) is 4.32. The topological polar surface area (TPSA) is 56.4 Å². The number of hydrogen-bond acceptors (Lipinski definition) is 3. The van der Waals surface area contributed by atoms with E-state index in [1.165, 1.54) is 0 Å². The number of rotatable bonds is 5. The second-order valence-corrected chi connectivity index (χ2v) is 8.18. The highest BCUT2D eigenvalue weighted by molar-refractivity contribution is 6.08. The summed E-state index contributed by atoms with van der Waals surface area (Å²) in [6.07, 6.45) is 1.80. The fourth-order valence-electron chi connectivity index (χ4n) is 4.32. The van der Waals surface area contributed by atoms with E-state index < -0.39 is 0 Å². The van der Waals surface area contributed by atoms with E-state index in [1.54, 1.807) is 6.20 Å². The van der Waals surface area contributed by atoms with Crippen molar-refractivity contribution in [1.82, 2.24) is 14.8 Å². The molecular weight excluding hydrogens is 398 g/mol. The van der Waals surface area contributed by atoms with E-state index >= 15 is 0 Å². The summed E-state index contributed by atoms with van der Waals surface area (Å²) in [5.41, 5.74) is 4.65. The zero-order chi connectivity index (χ0) is 21.9. The highest BCUT2D eigenvalue weighted by atomic mass is 16.2. The normalized spacial score (nSPS) is 14.6. The van der Waals surface area contributed by atoms with Crippen molar-refractivity contribution < 1.29 is 9.59 Å². The number of para-hydroxylation sites is 1. The lowest BCUT2D eigenvalue weighted by Crippen LogP contribution is -2.49. The maximum absolute atomic E-state index is 12.9. The van der Waals surface area contributed by atoms with Gasteiger partial charge in [0.2, 0.25) is 0 Å². The molecule has 2 heterocycles. The monoisotopic (exact) mass is 423 g/mol. The average molecular weight is 424 g/mol. The highest BCUT2D eigenvalue weighted by Crippen LogP contribution is 2.21. The number of H-pyrrole nitrogens is 1. The lowest BCUT2D eigenvalue weighted by Gasteiger charge is -2.34. The second kappa shape index (κ2) is 8.81. The molecule has 1 aliphatic rings. The molecule has 0 bridgehead atoms. The Morgan fingerprint density at radius 1 is 0.750 bits per heavy atom. The number of aromatic nitrogens is 1. The minimum Gasteiger partial charge on any atom is -0.360 e. The van der Waals surface area contributed by atoms with E-state index in [-0.39, 0.29) is 11.7 Å². The number of fused-ring (bicyclic) bond motifs is 1. The number of carbonyl (C=O) groups excluding carboxylic acids is 2. The standard InChI is InChI=1S/C27H25N3O2/c31-26(24-18-28-25-9-5-4-8-23(24)25)19-29-14-16-30(17-15-29)27(32)22-12-10-21(11-13-22)20-6-2-1-3-7-20/h1-13,18,28H,14-17,19H2. The average Bonchev–Trinajstić information content (AvgIpc) is 3.29. The van der Waals surface area contributed by atoms with E-state index in [2.05, 4.69) is 22.0 Å². The van der Waals surface area contributed by atoms with E-state index in [0.29, 0.717) is 38.3 Å². The summed E-state index contributed by atoms with van der Waals surface area (Å²) < 4.78 is 0. The van der Waals surface area contributed by atoms with Gasteiger partial charge in [-0.1, -0.05) is 60.7 Å². The molecule has 32 heavy (non-hydrogen) atoms. The molecule has 5 rings (SSSR count). The van der Waals surface area contributed by atoms with Crippen LogP contribution in [0.25, 0.3) is 22.0 Å². The summed E-state index contributed by atoms with van der Waals surface area (Å²) in [7, 11) is 0. The molecule has 3 aromatic carbocycles. The number of nitrogens with zero attached hydrogens (tertiary/aromatic N) is 2. The third-order valence-electron chi connectivity index (χ3n) is 6.16. The minimum absolute atomic E-state index is 0.0483. The van der Waals surface area contributed by atoms with Gasteiger partial charge in [0.1, 0.15) is 0 Å². The van der Waals surface area contributed by atoms with Crippen LogP contribution in [0.3, 0.4) is 0 Å². The van der Waals surface area contributed by atoms with Crippen molar-refractivity contribution >= 4 is 22.6 Å². The van der Waals surface area contributed by atoms with Crippen molar-refractivity contribution in [2.75, 3.05) is 32.7 Å². The van der Waals surface area contributed by atoms with Gasteiger partial charge in [0.25, 0.3) is 5.91 Å². The molecule has 0 spiro atoms. The quantitative estimate of drug-likeness (QED) is 0.482. The number of carbonyl (C=O) groups is 2. The number of aromatic amines is 1. The van der Waals surface area contributed by atoms with Crippen molar-refractivity contribution in [3.8, 4) is 11.1 Å². The molecule has 5 nitrogen and oxygen atoms in total. The lowest BCUT2D eigenvalue weighted by molar-refractivity contribution is 0.0624. The molecule has 0 radical (unpaired) electrons. The molecule has 1 amide bonds. The van der Waals surface area contributed by atoms with Crippen LogP contribution in [-0.4, -0.2) is 59.2 Å². The Hall–Kier alpha value is -3.70. The number of ketones is 1. The smallest absolute Gasteiger partial charge is 0.253 e. The SMILES string of the molecule is O=C(CN1CCN(C(=O)c2ccc(-c3ccccc3)cc2)CC1)c1c[nH]c2ccccc12. The Morgan fingerprint density at radius 3 is 2.16 bits per heavy atom. The minimum atomic E-state index is 0.0483. The molecule has 0 unspecified atom stereocenters. The molecule has 1 fully saturated rings. The van der Waals surface area contributed by atoms with Crippen LogP contribution >= 0.6 is 0 Å². The highest BCUT2D eigenvalue weighted by Gasteiger charge is 2.24. The Bertz CT molecular complexity index is 1240. The van der Waals surface area contributed by atoms with Crippen LogP contribution in [0.5, 0.6) is 0 Å². The summed E-state index contributed by atoms with van der Waals surface area (Å²) in [4.78, 5) is 33.0. The molecule has 1 aromatic heterocycles. The molecule has 1 aliphatic heterocycles. The zero-order valence-electron chi connectivity index (χ0n) is 17.8. The lowest BCUT2D eigenvalue weighted by atomic mass is 10.0. The predicted molar refractivity (Wildman–Crippen MR) is 127 cm³/mol. The Balaban J connectivity index is 1.18. The predicted octanol–water partition coefficient (Wildman–Crippen LogP) is 4.48. The van der Waals surface area contributed by atoms with Crippen LogP contribution < -0.4 is 0 Å².